The van der Waals surface area contributed by atoms with Crippen molar-refractivity contribution in [2.45, 2.75) is 33.9 Å². The molecule has 2 aromatic rings. The van der Waals surface area contributed by atoms with Crippen molar-refractivity contribution in [3.63, 3.8) is 0 Å². The van der Waals surface area contributed by atoms with Crippen molar-refractivity contribution in [2.24, 2.45) is 0 Å². The highest BCUT2D eigenvalue weighted by molar-refractivity contribution is 6.40. The molecule has 0 radical (unpaired) electrons. The summed E-state index contributed by atoms with van der Waals surface area (Å²) < 4.78 is 0. The maximum Gasteiger partial charge on any atom is 0.313 e. The van der Waals surface area contributed by atoms with Gasteiger partial charge in [0.05, 0.1) is 0 Å². The molecule has 0 unspecified atom stereocenters. The topological polar surface area (TPSA) is 61.4 Å². The van der Waals surface area contributed by atoms with Gasteiger partial charge in [0, 0.05) is 23.8 Å². The standard InChI is InChI=1S/C21H26ClN3O2/c1-4-25(5-2)14-17-9-7-16(8-10-17)13-23-20(26)21(27)24-19-12-18(22)11-6-15(19)3/h6-12H,4-5,13-14H2,1-3H3,(H,23,26)(H,24,27). The largest absolute Gasteiger partial charge is 0.344 e. The highest BCUT2D eigenvalue weighted by atomic mass is 35.5. The van der Waals surface area contributed by atoms with Crippen LogP contribution in [0.1, 0.15) is 30.5 Å². The van der Waals surface area contributed by atoms with Gasteiger partial charge in [-0.05, 0) is 48.8 Å². The fraction of sp³-hybridized carbons (Fsp3) is 0.333. The van der Waals surface area contributed by atoms with Gasteiger partial charge in [0.1, 0.15) is 0 Å². The number of halogens is 1. The van der Waals surface area contributed by atoms with Crippen LogP contribution in [0.3, 0.4) is 0 Å². The molecule has 0 aliphatic heterocycles. The molecule has 2 N–H and O–H groups in total. The average molecular weight is 388 g/mol. The van der Waals surface area contributed by atoms with E-state index in [1.807, 2.05) is 19.1 Å². The lowest BCUT2D eigenvalue weighted by Gasteiger charge is -2.18. The summed E-state index contributed by atoms with van der Waals surface area (Å²) in [6.45, 7) is 9.34. The van der Waals surface area contributed by atoms with E-state index >= 15 is 0 Å². The minimum Gasteiger partial charge on any atom is -0.344 e. The van der Waals surface area contributed by atoms with Crippen LogP contribution in [0.25, 0.3) is 0 Å². The molecule has 2 rings (SSSR count). The molecule has 2 aromatic carbocycles. The number of rotatable bonds is 7. The smallest absolute Gasteiger partial charge is 0.313 e. The van der Waals surface area contributed by atoms with Gasteiger partial charge in [-0.15, -0.1) is 0 Å². The number of hydrogen-bond donors (Lipinski definition) is 2. The summed E-state index contributed by atoms with van der Waals surface area (Å²) >= 11 is 5.93. The Morgan fingerprint density at radius 2 is 1.59 bits per heavy atom. The van der Waals surface area contributed by atoms with Crippen LogP contribution < -0.4 is 10.6 Å². The Morgan fingerprint density at radius 1 is 0.963 bits per heavy atom. The number of anilines is 1. The molecular formula is C21H26ClN3O2. The zero-order valence-corrected chi connectivity index (χ0v) is 16.8. The molecule has 0 aliphatic carbocycles. The van der Waals surface area contributed by atoms with E-state index < -0.39 is 11.8 Å². The van der Waals surface area contributed by atoms with Crippen LogP contribution in [0.5, 0.6) is 0 Å². The lowest BCUT2D eigenvalue weighted by atomic mass is 10.1. The van der Waals surface area contributed by atoms with E-state index in [0.29, 0.717) is 17.3 Å². The summed E-state index contributed by atoms with van der Waals surface area (Å²) in [6, 6.07) is 13.2. The van der Waals surface area contributed by atoms with Crippen molar-refractivity contribution >= 4 is 29.1 Å². The zero-order chi connectivity index (χ0) is 19.8. The first-order valence-corrected chi connectivity index (χ1v) is 9.46. The zero-order valence-electron chi connectivity index (χ0n) is 16.0. The fourth-order valence-electron chi connectivity index (χ4n) is 2.64. The van der Waals surface area contributed by atoms with Gasteiger partial charge in [0.15, 0.2) is 0 Å². The van der Waals surface area contributed by atoms with E-state index in [1.54, 1.807) is 18.2 Å². The van der Waals surface area contributed by atoms with Crippen LogP contribution in [0.15, 0.2) is 42.5 Å². The van der Waals surface area contributed by atoms with Gasteiger partial charge in [-0.3, -0.25) is 14.5 Å². The van der Waals surface area contributed by atoms with E-state index in [9.17, 15) is 9.59 Å². The number of nitrogens with one attached hydrogen (secondary N) is 2. The first-order valence-electron chi connectivity index (χ1n) is 9.08. The van der Waals surface area contributed by atoms with E-state index in [4.69, 9.17) is 11.6 Å². The number of carbonyl (C=O) groups is 2. The molecule has 144 valence electrons. The number of carbonyl (C=O) groups excluding carboxylic acids is 2. The summed E-state index contributed by atoms with van der Waals surface area (Å²) in [5.41, 5.74) is 3.54. The number of hydrogen-bond acceptors (Lipinski definition) is 3. The Hall–Kier alpha value is -2.37. The second kappa shape index (κ2) is 10.1. The predicted molar refractivity (Wildman–Crippen MR) is 110 cm³/mol. The van der Waals surface area contributed by atoms with Crippen molar-refractivity contribution in [2.75, 3.05) is 18.4 Å². The van der Waals surface area contributed by atoms with Crippen LogP contribution in [-0.4, -0.2) is 29.8 Å². The molecule has 0 heterocycles. The maximum atomic E-state index is 12.1. The molecule has 0 aliphatic rings. The molecule has 0 bridgehead atoms. The lowest BCUT2D eigenvalue weighted by Crippen LogP contribution is -2.35. The SMILES string of the molecule is CCN(CC)Cc1ccc(CNC(=O)C(=O)Nc2cc(Cl)ccc2C)cc1. The van der Waals surface area contributed by atoms with E-state index in [1.165, 1.54) is 5.56 Å². The average Bonchev–Trinajstić information content (AvgIpc) is 2.67. The van der Waals surface area contributed by atoms with E-state index in [-0.39, 0.29) is 0 Å². The maximum absolute atomic E-state index is 12.1. The molecular weight excluding hydrogens is 362 g/mol. The van der Waals surface area contributed by atoms with Crippen molar-refractivity contribution in [1.82, 2.24) is 10.2 Å². The Labute approximate surface area is 165 Å². The molecule has 0 saturated heterocycles. The molecule has 2 amide bonds. The van der Waals surface area contributed by atoms with Gasteiger partial charge < -0.3 is 10.6 Å². The summed E-state index contributed by atoms with van der Waals surface area (Å²) in [5, 5.41) is 5.73. The third-order valence-electron chi connectivity index (χ3n) is 4.43. The fourth-order valence-corrected chi connectivity index (χ4v) is 2.81. The first kappa shape index (κ1) is 20.9. The number of aryl methyl sites for hydroxylation is 1. The van der Waals surface area contributed by atoms with Crippen molar-refractivity contribution < 1.29 is 9.59 Å². The van der Waals surface area contributed by atoms with Gasteiger partial charge in [-0.25, -0.2) is 0 Å². The molecule has 6 heteroatoms. The molecule has 0 spiro atoms. The van der Waals surface area contributed by atoms with Crippen LogP contribution in [0.4, 0.5) is 5.69 Å². The Bertz CT molecular complexity index is 787. The minimum atomic E-state index is -0.710. The van der Waals surface area contributed by atoms with Crippen LogP contribution in [-0.2, 0) is 22.7 Å². The number of nitrogens with zero attached hydrogens (tertiary/aromatic N) is 1. The normalized spacial score (nSPS) is 10.7. The molecule has 0 atom stereocenters. The van der Waals surface area contributed by atoms with Crippen LogP contribution in [0, 0.1) is 6.92 Å². The Balaban J connectivity index is 1.87. The van der Waals surface area contributed by atoms with Crippen molar-refractivity contribution in [3.05, 3.63) is 64.2 Å². The Kier molecular flexibility index (Phi) is 7.82. The molecule has 5 nitrogen and oxygen atoms in total. The monoisotopic (exact) mass is 387 g/mol. The second-order valence-corrected chi connectivity index (χ2v) is 6.81. The summed E-state index contributed by atoms with van der Waals surface area (Å²) in [6.07, 6.45) is 0. The molecule has 0 fully saturated rings. The molecule has 0 saturated carbocycles. The minimum absolute atomic E-state index is 0.298. The molecule has 0 aromatic heterocycles. The van der Waals surface area contributed by atoms with Crippen LogP contribution in [0.2, 0.25) is 5.02 Å². The quantitative estimate of drug-likeness (QED) is 0.711. The van der Waals surface area contributed by atoms with Gasteiger partial charge >= 0.3 is 11.8 Å². The predicted octanol–water partition coefficient (Wildman–Crippen LogP) is 3.75. The number of benzene rings is 2. The van der Waals surface area contributed by atoms with Gasteiger partial charge in [0.25, 0.3) is 0 Å². The van der Waals surface area contributed by atoms with Gasteiger partial charge in [-0.2, -0.15) is 0 Å². The third-order valence-corrected chi connectivity index (χ3v) is 4.67. The highest BCUT2D eigenvalue weighted by Crippen LogP contribution is 2.20. The summed E-state index contributed by atoms with van der Waals surface area (Å²) in [4.78, 5) is 26.4. The second-order valence-electron chi connectivity index (χ2n) is 6.37. The first-order chi connectivity index (χ1) is 12.9. The summed E-state index contributed by atoms with van der Waals surface area (Å²) in [7, 11) is 0. The highest BCUT2D eigenvalue weighted by Gasteiger charge is 2.14. The van der Waals surface area contributed by atoms with Crippen molar-refractivity contribution in [3.8, 4) is 0 Å². The molecule has 27 heavy (non-hydrogen) atoms. The van der Waals surface area contributed by atoms with Gasteiger partial charge in [-0.1, -0.05) is 55.8 Å². The van der Waals surface area contributed by atoms with E-state index in [0.717, 1.165) is 30.8 Å². The number of amides is 2. The van der Waals surface area contributed by atoms with E-state index in [2.05, 4.69) is 41.5 Å². The lowest BCUT2D eigenvalue weighted by molar-refractivity contribution is -0.136. The Morgan fingerprint density at radius 3 is 2.22 bits per heavy atom. The van der Waals surface area contributed by atoms with Crippen LogP contribution >= 0.6 is 11.6 Å². The third kappa shape index (κ3) is 6.38. The van der Waals surface area contributed by atoms with Gasteiger partial charge in [0.2, 0.25) is 0 Å². The summed E-state index contributed by atoms with van der Waals surface area (Å²) in [5.74, 6) is -1.39. The van der Waals surface area contributed by atoms with Crippen molar-refractivity contribution in [1.29, 1.82) is 0 Å².